The maximum Gasteiger partial charge on any atom is 0.229 e. The second-order valence-corrected chi connectivity index (χ2v) is 6.46. The third-order valence-corrected chi connectivity index (χ3v) is 4.69. The van der Waals surface area contributed by atoms with Crippen LogP contribution in [0.2, 0.25) is 0 Å². The Morgan fingerprint density at radius 3 is 2.79 bits per heavy atom. The van der Waals surface area contributed by atoms with E-state index in [9.17, 15) is 0 Å². The van der Waals surface area contributed by atoms with Crippen LogP contribution in [0.15, 0.2) is 33.9 Å². The van der Waals surface area contributed by atoms with Gasteiger partial charge in [0.15, 0.2) is 11.6 Å². The number of methoxy groups -OCH3 is 1. The Labute approximate surface area is 142 Å². The Morgan fingerprint density at radius 2 is 2.08 bits per heavy atom. The SMILES string of the molecule is COc1ccc(-c2nnc(SCc3noc(C4CC4)n3)n2N)cc1. The average Bonchev–Trinajstić information content (AvgIpc) is 3.25. The number of nitrogens with two attached hydrogens (primary N) is 1. The first-order chi connectivity index (χ1) is 11.7. The Morgan fingerprint density at radius 1 is 1.29 bits per heavy atom. The van der Waals surface area contributed by atoms with Crippen LogP contribution in [0.3, 0.4) is 0 Å². The number of rotatable bonds is 6. The van der Waals surface area contributed by atoms with E-state index in [1.165, 1.54) is 16.4 Å². The highest BCUT2D eigenvalue weighted by Crippen LogP contribution is 2.39. The normalized spacial score (nSPS) is 14.0. The zero-order chi connectivity index (χ0) is 16.5. The minimum Gasteiger partial charge on any atom is -0.497 e. The Kier molecular flexibility index (Phi) is 3.85. The van der Waals surface area contributed by atoms with E-state index in [2.05, 4.69) is 20.3 Å². The van der Waals surface area contributed by atoms with Gasteiger partial charge in [-0.1, -0.05) is 16.9 Å². The van der Waals surface area contributed by atoms with Gasteiger partial charge < -0.3 is 15.1 Å². The quantitative estimate of drug-likeness (QED) is 0.536. The number of hydrogen-bond donors (Lipinski definition) is 1. The van der Waals surface area contributed by atoms with Crippen LogP contribution < -0.4 is 10.6 Å². The lowest BCUT2D eigenvalue weighted by Gasteiger charge is -2.04. The molecule has 1 fully saturated rings. The predicted molar refractivity (Wildman–Crippen MR) is 88.0 cm³/mol. The molecule has 9 heteroatoms. The van der Waals surface area contributed by atoms with Crippen LogP contribution in [0.25, 0.3) is 11.4 Å². The highest BCUT2D eigenvalue weighted by molar-refractivity contribution is 7.98. The van der Waals surface area contributed by atoms with Gasteiger partial charge in [0.2, 0.25) is 11.0 Å². The minimum absolute atomic E-state index is 0.455. The summed E-state index contributed by atoms with van der Waals surface area (Å²) in [5, 5.41) is 12.9. The molecule has 8 nitrogen and oxygen atoms in total. The second kappa shape index (κ2) is 6.16. The van der Waals surface area contributed by atoms with Gasteiger partial charge in [0, 0.05) is 11.5 Å². The number of ether oxygens (including phenoxy) is 1. The largest absolute Gasteiger partial charge is 0.497 e. The molecule has 1 aliphatic rings. The summed E-state index contributed by atoms with van der Waals surface area (Å²) in [4.78, 5) is 4.39. The monoisotopic (exact) mass is 344 g/mol. The Balaban J connectivity index is 1.46. The van der Waals surface area contributed by atoms with Crippen molar-refractivity contribution in [2.45, 2.75) is 29.7 Å². The minimum atomic E-state index is 0.455. The maximum absolute atomic E-state index is 6.11. The molecule has 2 N–H and O–H groups in total. The number of nitrogens with zero attached hydrogens (tertiary/aromatic N) is 5. The van der Waals surface area contributed by atoms with Crippen LogP contribution in [0.1, 0.15) is 30.5 Å². The van der Waals surface area contributed by atoms with Crippen molar-refractivity contribution in [3.8, 4) is 17.1 Å². The van der Waals surface area contributed by atoms with Gasteiger partial charge in [0.1, 0.15) is 5.75 Å². The van der Waals surface area contributed by atoms with E-state index in [-0.39, 0.29) is 0 Å². The second-order valence-electron chi connectivity index (χ2n) is 5.52. The fraction of sp³-hybridized carbons (Fsp3) is 0.333. The number of nitrogen functional groups attached to an aromatic ring is 1. The maximum atomic E-state index is 6.11. The third-order valence-electron chi connectivity index (χ3n) is 3.75. The third kappa shape index (κ3) is 2.94. The number of benzene rings is 1. The van der Waals surface area contributed by atoms with Crippen molar-refractivity contribution in [3.05, 3.63) is 36.0 Å². The molecule has 0 spiro atoms. The molecular formula is C15H16N6O2S. The van der Waals surface area contributed by atoms with Gasteiger partial charge in [0.05, 0.1) is 12.9 Å². The van der Waals surface area contributed by atoms with E-state index in [4.69, 9.17) is 15.1 Å². The van der Waals surface area contributed by atoms with E-state index in [1.807, 2.05) is 24.3 Å². The van der Waals surface area contributed by atoms with Gasteiger partial charge in [-0.05, 0) is 37.1 Å². The fourth-order valence-electron chi connectivity index (χ4n) is 2.26. The summed E-state index contributed by atoms with van der Waals surface area (Å²) in [6.45, 7) is 0. The molecule has 0 atom stereocenters. The molecule has 2 heterocycles. The molecule has 1 aromatic carbocycles. The van der Waals surface area contributed by atoms with Gasteiger partial charge >= 0.3 is 0 Å². The van der Waals surface area contributed by atoms with Crippen LogP contribution in [0.5, 0.6) is 5.75 Å². The van der Waals surface area contributed by atoms with Crippen LogP contribution >= 0.6 is 11.8 Å². The van der Waals surface area contributed by atoms with Crippen molar-refractivity contribution >= 4 is 11.8 Å². The topological polar surface area (TPSA) is 105 Å². The fourth-order valence-corrected chi connectivity index (χ4v) is 2.96. The number of aromatic nitrogens is 5. The molecule has 0 radical (unpaired) electrons. The molecular weight excluding hydrogens is 328 g/mol. The lowest BCUT2D eigenvalue weighted by molar-refractivity contribution is 0.375. The molecule has 24 heavy (non-hydrogen) atoms. The summed E-state index contributed by atoms with van der Waals surface area (Å²) in [6, 6.07) is 7.49. The summed E-state index contributed by atoms with van der Waals surface area (Å²) in [5.41, 5.74) is 0.869. The average molecular weight is 344 g/mol. The molecule has 3 aromatic rings. The van der Waals surface area contributed by atoms with E-state index in [1.54, 1.807) is 7.11 Å². The molecule has 1 aliphatic carbocycles. The lowest BCUT2D eigenvalue weighted by Crippen LogP contribution is -2.11. The van der Waals surface area contributed by atoms with E-state index in [0.29, 0.717) is 28.5 Å². The molecule has 0 unspecified atom stereocenters. The molecule has 124 valence electrons. The van der Waals surface area contributed by atoms with Crippen molar-refractivity contribution < 1.29 is 9.26 Å². The van der Waals surface area contributed by atoms with Gasteiger partial charge in [-0.2, -0.15) is 4.98 Å². The van der Waals surface area contributed by atoms with Crippen molar-refractivity contribution in [2.24, 2.45) is 0 Å². The Bertz CT molecular complexity index is 840. The predicted octanol–water partition coefficient (Wildman–Crippen LogP) is 2.22. The van der Waals surface area contributed by atoms with Gasteiger partial charge in [-0.3, -0.25) is 0 Å². The summed E-state index contributed by atoms with van der Waals surface area (Å²) in [5.74, 6) is 9.85. The van der Waals surface area contributed by atoms with Crippen molar-refractivity contribution in [1.82, 2.24) is 25.0 Å². The van der Waals surface area contributed by atoms with E-state index < -0.39 is 0 Å². The molecule has 1 saturated carbocycles. The van der Waals surface area contributed by atoms with Crippen molar-refractivity contribution in [2.75, 3.05) is 13.0 Å². The van der Waals surface area contributed by atoms with Crippen LogP contribution in [-0.2, 0) is 5.75 Å². The molecule has 4 rings (SSSR count). The van der Waals surface area contributed by atoms with E-state index in [0.717, 1.165) is 30.0 Å². The summed E-state index contributed by atoms with van der Waals surface area (Å²) >= 11 is 1.42. The van der Waals surface area contributed by atoms with Crippen LogP contribution in [-0.4, -0.2) is 32.1 Å². The van der Waals surface area contributed by atoms with Gasteiger partial charge in [-0.15, -0.1) is 10.2 Å². The Hall–Kier alpha value is -2.55. The lowest BCUT2D eigenvalue weighted by atomic mass is 10.2. The smallest absolute Gasteiger partial charge is 0.229 e. The van der Waals surface area contributed by atoms with Crippen molar-refractivity contribution in [1.29, 1.82) is 0 Å². The van der Waals surface area contributed by atoms with Crippen molar-refractivity contribution in [3.63, 3.8) is 0 Å². The number of thioether (sulfide) groups is 1. The number of hydrogen-bond acceptors (Lipinski definition) is 8. The molecule has 0 saturated heterocycles. The molecule has 0 bridgehead atoms. The first-order valence-corrected chi connectivity index (χ1v) is 8.53. The summed E-state index contributed by atoms with van der Waals surface area (Å²) in [6.07, 6.45) is 2.27. The zero-order valence-electron chi connectivity index (χ0n) is 13.0. The van der Waals surface area contributed by atoms with E-state index >= 15 is 0 Å². The van der Waals surface area contributed by atoms with Crippen LogP contribution in [0.4, 0.5) is 0 Å². The molecule has 0 amide bonds. The van der Waals surface area contributed by atoms with Gasteiger partial charge in [0.25, 0.3) is 0 Å². The van der Waals surface area contributed by atoms with Gasteiger partial charge in [-0.25, -0.2) is 4.68 Å². The molecule has 2 aromatic heterocycles. The highest BCUT2D eigenvalue weighted by atomic mass is 32.2. The molecule has 0 aliphatic heterocycles. The van der Waals surface area contributed by atoms with Crippen LogP contribution in [0, 0.1) is 0 Å². The zero-order valence-corrected chi connectivity index (χ0v) is 13.9. The summed E-state index contributed by atoms with van der Waals surface area (Å²) in [7, 11) is 1.63. The first-order valence-electron chi connectivity index (χ1n) is 7.55. The highest BCUT2D eigenvalue weighted by Gasteiger charge is 2.29. The first kappa shape index (κ1) is 15.0. The summed E-state index contributed by atoms with van der Waals surface area (Å²) < 4.78 is 11.9. The standard InChI is InChI=1S/C15H16N6O2S/c1-22-11-6-4-9(5-7-11)13-18-19-15(21(13)16)24-8-12-17-14(23-20-12)10-2-3-10/h4-7,10H,2-3,8,16H2,1H3.